The number of hydrogen-bond donors (Lipinski definition) is 0. The number of aromatic nitrogens is 2. The maximum Gasteiger partial charge on any atom is 0.256 e. The molecule has 0 spiro atoms. The highest BCUT2D eigenvalue weighted by Crippen LogP contribution is 2.13. The van der Waals surface area contributed by atoms with Gasteiger partial charge >= 0.3 is 0 Å². The second-order valence-electron chi connectivity index (χ2n) is 10.6. The molecule has 0 aliphatic carbocycles. The Hall–Kier alpha value is -0.790. The topological polar surface area (TPSA) is 8.81 Å². The van der Waals surface area contributed by atoms with E-state index in [9.17, 15) is 0 Å². The minimum absolute atomic E-state index is 1.23. The van der Waals surface area contributed by atoms with Gasteiger partial charge in [-0.2, -0.15) is 0 Å². The highest BCUT2D eigenvalue weighted by Gasteiger charge is 2.16. The lowest BCUT2D eigenvalue weighted by molar-refractivity contribution is -0.704. The van der Waals surface area contributed by atoms with Crippen molar-refractivity contribution in [1.29, 1.82) is 0 Å². The van der Waals surface area contributed by atoms with Crippen molar-refractivity contribution in [2.45, 2.75) is 182 Å². The molecule has 0 unspecified atom stereocenters. The summed E-state index contributed by atoms with van der Waals surface area (Å²) in [5.74, 6) is 1.61. The second kappa shape index (κ2) is 23.0. The first kappa shape index (κ1) is 30.2. The molecule has 1 heterocycles. The fraction of sp³-hybridized carbons (Fsp3) is 0.903. The van der Waals surface area contributed by atoms with E-state index < -0.39 is 0 Å². The smallest absolute Gasteiger partial charge is 0.234 e. The Balaban J connectivity index is 2.37. The van der Waals surface area contributed by atoms with Crippen molar-refractivity contribution in [2.75, 3.05) is 0 Å². The first-order valence-electron chi connectivity index (χ1n) is 15.4. The first-order chi connectivity index (χ1) is 16.3. The molecule has 0 saturated heterocycles. The molecule has 1 aromatic heterocycles. The molecule has 33 heavy (non-hydrogen) atoms. The standard InChI is InChI=1S/C31H61N2/c1-4-7-10-13-16-17-19-22-25-28-33-30-29-32(27-24-21-18-14-11-8-5-2)31(33)26-23-20-15-12-9-6-3/h29-30H,4-28H2,1-3H3/q+1. The van der Waals surface area contributed by atoms with Crippen LogP contribution in [0.25, 0.3) is 0 Å². The van der Waals surface area contributed by atoms with Gasteiger partial charge in [-0.05, 0) is 32.1 Å². The third-order valence-electron chi connectivity index (χ3n) is 7.35. The van der Waals surface area contributed by atoms with E-state index in [-0.39, 0.29) is 0 Å². The number of aryl methyl sites for hydroxylation is 2. The van der Waals surface area contributed by atoms with E-state index >= 15 is 0 Å². The van der Waals surface area contributed by atoms with Crippen LogP contribution in [0.1, 0.15) is 168 Å². The summed E-state index contributed by atoms with van der Waals surface area (Å²) < 4.78 is 5.21. The van der Waals surface area contributed by atoms with E-state index in [0.717, 1.165) is 0 Å². The minimum atomic E-state index is 1.23. The SMILES string of the molecule is CCCCCCCCCCCn1cc[n+](CCCCCCCCC)c1CCCCCCCC. The summed E-state index contributed by atoms with van der Waals surface area (Å²) in [4.78, 5) is 0. The Kier molecular flexibility index (Phi) is 21.1. The van der Waals surface area contributed by atoms with Gasteiger partial charge in [-0.25, -0.2) is 9.13 Å². The number of nitrogens with zero attached hydrogens (tertiary/aromatic N) is 2. The Morgan fingerprint density at radius 1 is 0.515 bits per heavy atom. The molecule has 2 heteroatoms. The van der Waals surface area contributed by atoms with Crippen LogP contribution in [0.15, 0.2) is 12.4 Å². The van der Waals surface area contributed by atoms with E-state index in [4.69, 9.17) is 0 Å². The number of unbranched alkanes of at least 4 members (excludes halogenated alkanes) is 19. The molecule has 0 saturated carbocycles. The van der Waals surface area contributed by atoms with E-state index in [1.165, 1.54) is 161 Å². The van der Waals surface area contributed by atoms with Crippen LogP contribution < -0.4 is 4.57 Å². The zero-order valence-corrected chi connectivity index (χ0v) is 23.2. The molecule has 0 atom stereocenters. The van der Waals surface area contributed by atoms with E-state index in [0.29, 0.717) is 0 Å². The monoisotopic (exact) mass is 461 g/mol. The molecule has 0 N–H and O–H groups in total. The molecule has 1 rings (SSSR count). The molecule has 0 aromatic carbocycles. The van der Waals surface area contributed by atoms with Gasteiger partial charge in [-0.3, -0.25) is 0 Å². The van der Waals surface area contributed by atoms with E-state index in [1.807, 2.05) is 0 Å². The molecule has 0 bridgehead atoms. The van der Waals surface area contributed by atoms with Gasteiger partial charge in [0.15, 0.2) is 0 Å². The lowest BCUT2D eigenvalue weighted by Gasteiger charge is -2.07. The van der Waals surface area contributed by atoms with Crippen molar-refractivity contribution < 1.29 is 4.57 Å². The lowest BCUT2D eigenvalue weighted by Crippen LogP contribution is -2.37. The quantitative estimate of drug-likeness (QED) is 0.101. The van der Waals surface area contributed by atoms with Crippen molar-refractivity contribution in [3.63, 3.8) is 0 Å². The molecule has 0 amide bonds. The summed E-state index contributed by atoms with van der Waals surface area (Å²) in [6.45, 7) is 9.38. The van der Waals surface area contributed by atoms with Crippen LogP contribution >= 0.6 is 0 Å². The van der Waals surface area contributed by atoms with Gasteiger partial charge in [-0.1, -0.05) is 130 Å². The van der Waals surface area contributed by atoms with Gasteiger partial charge in [0.2, 0.25) is 0 Å². The van der Waals surface area contributed by atoms with Crippen molar-refractivity contribution in [1.82, 2.24) is 4.57 Å². The van der Waals surface area contributed by atoms with Crippen LogP contribution in [0.4, 0.5) is 0 Å². The van der Waals surface area contributed by atoms with Gasteiger partial charge in [0.05, 0.1) is 13.1 Å². The van der Waals surface area contributed by atoms with Gasteiger partial charge in [-0.15, -0.1) is 0 Å². The maximum atomic E-state index is 2.61. The van der Waals surface area contributed by atoms with Gasteiger partial charge in [0.1, 0.15) is 12.4 Å². The Morgan fingerprint density at radius 2 is 0.939 bits per heavy atom. The summed E-state index contributed by atoms with van der Waals surface area (Å²) in [5.41, 5.74) is 0. The lowest BCUT2D eigenvalue weighted by atomic mass is 10.1. The highest BCUT2D eigenvalue weighted by atomic mass is 15.1. The second-order valence-corrected chi connectivity index (χ2v) is 10.6. The minimum Gasteiger partial charge on any atom is -0.234 e. The van der Waals surface area contributed by atoms with Crippen LogP contribution in [0.5, 0.6) is 0 Å². The number of hydrogen-bond acceptors (Lipinski definition) is 0. The predicted octanol–water partition coefficient (Wildman–Crippen LogP) is 9.96. The molecule has 2 nitrogen and oxygen atoms in total. The Labute approximate surface area is 208 Å². The molecule has 0 fully saturated rings. The molecule has 0 aliphatic heterocycles. The van der Waals surface area contributed by atoms with Gasteiger partial charge < -0.3 is 0 Å². The third-order valence-corrected chi connectivity index (χ3v) is 7.35. The molecule has 194 valence electrons. The fourth-order valence-electron chi connectivity index (χ4n) is 5.09. The molecule has 0 aliphatic rings. The summed E-state index contributed by atoms with van der Waals surface area (Å²) in [6.07, 6.45) is 37.0. The summed E-state index contributed by atoms with van der Waals surface area (Å²) in [5, 5.41) is 0. The Morgan fingerprint density at radius 3 is 1.45 bits per heavy atom. The van der Waals surface area contributed by atoms with E-state index in [1.54, 1.807) is 5.82 Å². The number of imidazole rings is 1. The van der Waals surface area contributed by atoms with Gasteiger partial charge in [0, 0.05) is 6.42 Å². The molecular formula is C31H61N2+. The van der Waals surface area contributed by atoms with Crippen molar-refractivity contribution in [3.05, 3.63) is 18.2 Å². The van der Waals surface area contributed by atoms with Crippen LogP contribution in [0.2, 0.25) is 0 Å². The number of rotatable bonds is 25. The van der Waals surface area contributed by atoms with Crippen LogP contribution in [-0.2, 0) is 19.5 Å². The average molecular weight is 462 g/mol. The third kappa shape index (κ3) is 16.5. The van der Waals surface area contributed by atoms with E-state index in [2.05, 4.69) is 42.3 Å². The highest BCUT2D eigenvalue weighted by molar-refractivity contribution is 4.84. The zero-order valence-electron chi connectivity index (χ0n) is 23.2. The average Bonchev–Trinajstić information content (AvgIpc) is 3.21. The Bertz CT molecular complexity index is 519. The molecule has 1 aromatic rings. The maximum absolute atomic E-state index is 2.61. The summed E-state index contributed by atoms with van der Waals surface area (Å²) in [7, 11) is 0. The first-order valence-corrected chi connectivity index (χ1v) is 15.4. The van der Waals surface area contributed by atoms with Crippen LogP contribution in [0.3, 0.4) is 0 Å². The van der Waals surface area contributed by atoms with Crippen molar-refractivity contribution in [3.8, 4) is 0 Å². The van der Waals surface area contributed by atoms with Gasteiger partial charge in [0.25, 0.3) is 5.82 Å². The molecule has 0 radical (unpaired) electrons. The van der Waals surface area contributed by atoms with Crippen molar-refractivity contribution >= 4 is 0 Å². The van der Waals surface area contributed by atoms with Crippen LogP contribution in [-0.4, -0.2) is 4.57 Å². The fourth-order valence-corrected chi connectivity index (χ4v) is 5.09. The normalized spacial score (nSPS) is 11.5. The summed E-state index contributed by atoms with van der Waals surface area (Å²) >= 11 is 0. The zero-order chi connectivity index (χ0) is 23.8. The van der Waals surface area contributed by atoms with Crippen LogP contribution in [0, 0.1) is 0 Å². The largest absolute Gasteiger partial charge is 0.256 e. The van der Waals surface area contributed by atoms with Crippen molar-refractivity contribution in [2.24, 2.45) is 0 Å². The predicted molar refractivity (Wildman–Crippen MR) is 147 cm³/mol. The molecular weight excluding hydrogens is 400 g/mol. The summed E-state index contributed by atoms with van der Waals surface area (Å²) in [6, 6.07) is 0.